The number of carboxylic acid groups (broad SMARTS) is 1. The number of aromatic nitrogens is 1. The molecule has 1 N–H and O–H groups in total. The number of rotatable bonds is 2. The van der Waals surface area contributed by atoms with Crippen LogP contribution in [0.4, 0.5) is 8.78 Å². The molecule has 0 amide bonds. The van der Waals surface area contributed by atoms with E-state index in [9.17, 15) is 13.6 Å². The Morgan fingerprint density at radius 1 is 1.50 bits per heavy atom. The van der Waals surface area contributed by atoms with Crippen molar-refractivity contribution < 1.29 is 18.7 Å². The van der Waals surface area contributed by atoms with Gasteiger partial charge in [-0.1, -0.05) is 0 Å². The van der Waals surface area contributed by atoms with Gasteiger partial charge in [0.1, 0.15) is 0 Å². The highest BCUT2D eigenvalue weighted by molar-refractivity contribution is 5.77. The molecule has 1 aromatic rings. The van der Waals surface area contributed by atoms with Crippen molar-refractivity contribution in [2.24, 2.45) is 0 Å². The van der Waals surface area contributed by atoms with E-state index in [4.69, 9.17) is 5.11 Å². The van der Waals surface area contributed by atoms with Crippen LogP contribution >= 0.6 is 0 Å². The van der Waals surface area contributed by atoms with Gasteiger partial charge in [-0.3, -0.25) is 4.98 Å². The topological polar surface area (TPSA) is 50.2 Å². The maximum absolute atomic E-state index is 13.0. The minimum Gasteiger partial charge on any atom is -0.477 e. The van der Waals surface area contributed by atoms with Crippen LogP contribution in [0.5, 0.6) is 0 Å². The Hall–Kier alpha value is -1.52. The smallest absolute Gasteiger partial charge is 0.379 e. The molecule has 0 radical (unpaired) electrons. The lowest BCUT2D eigenvalue weighted by atomic mass is 10.1. The third-order valence-corrected chi connectivity index (χ3v) is 1.97. The molecule has 1 aromatic heterocycles. The molecule has 5 heteroatoms. The van der Waals surface area contributed by atoms with Gasteiger partial charge in [0.2, 0.25) is 0 Å². The number of carbonyl (C=O) groups is 1. The number of aryl methyl sites for hydroxylation is 2. The van der Waals surface area contributed by atoms with Gasteiger partial charge in [0.25, 0.3) is 0 Å². The fraction of sp³-hybridized carbons (Fsp3) is 0.333. The Bertz CT molecular complexity index is 377. The average Bonchev–Trinajstić information content (AvgIpc) is 2.09. The molecule has 1 heterocycles. The van der Waals surface area contributed by atoms with Gasteiger partial charge in [-0.05, 0) is 25.5 Å². The summed E-state index contributed by atoms with van der Waals surface area (Å²) < 4.78 is 25.9. The average molecular weight is 201 g/mol. The van der Waals surface area contributed by atoms with E-state index in [1.165, 1.54) is 0 Å². The van der Waals surface area contributed by atoms with Gasteiger partial charge in [-0.25, -0.2) is 4.79 Å². The first kappa shape index (κ1) is 10.6. The van der Waals surface area contributed by atoms with Crippen molar-refractivity contribution in [2.75, 3.05) is 0 Å². The molecule has 0 unspecified atom stereocenters. The molecule has 0 aliphatic heterocycles. The van der Waals surface area contributed by atoms with Crippen LogP contribution in [0.25, 0.3) is 0 Å². The normalized spacial score (nSPS) is 11.4. The van der Waals surface area contributed by atoms with Crippen LogP contribution in [0.15, 0.2) is 12.3 Å². The third-order valence-electron chi connectivity index (χ3n) is 1.97. The van der Waals surface area contributed by atoms with Gasteiger partial charge in [-0.2, -0.15) is 8.78 Å². The zero-order valence-corrected chi connectivity index (χ0v) is 7.71. The number of hydrogen-bond donors (Lipinski definition) is 1. The quantitative estimate of drug-likeness (QED) is 0.794. The highest BCUT2D eigenvalue weighted by Gasteiger charge is 2.41. The van der Waals surface area contributed by atoms with Crippen molar-refractivity contribution in [3.05, 3.63) is 29.1 Å². The summed E-state index contributed by atoms with van der Waals surface area (Å²) in [7, 11) is 0. The second kappa shape index (κ2) is 3.32. The molecular formula is C9H9F2NO2. The summed E-state index contributed by atoms with van der Waals surface area (Å²) in [5.74, 6) is -6.03. The summed E-state index contributed by atoms with van der Waals surface area (Å²) in [5.41, 5.74) is 0.562. The molecule has 14 heavy (non-hydrogen) atoms. The molecule has 3 nitrogen and oxygen atoms in total. The monoisotopic (exact) mass is 201 g/mol. The predicted molar refractivity (Wildman–Crippen MR) is 45.2 cm³/mol. The van der Waals surface area contributed by atoms with E-state index in [0.717, 1.165) is 12.3 Å². The number of carboxylic acids is 1. The fourth-order valence-electron chi connectivity index (χ4n) is 0.938. The first-order valence-corrected chi connectivity index (χ1v) is 3.90. The van der Waals surface area contributed by atoms with Gasteiger partial charge in [0.15, 0.2) is 0 Å². The maximum Gasteiger partial charge on any atom is 0.379 e. The highest BCUT2D eigenvalue weighted by atomic mass is 19.3. The van der Waals surface area contributed by atoms with Crippen molar-refractivity contribution in [1.82, 2.24) is 4.98 Å². The van der Waals surface area contributed by atoms with Crippen LogP contribution < -0.4 is 0 Å². The van der Waals surface area contributed by atoms with Crippen LogP contribution in [0.1, 0.15) is 16.8 Å². The molecule has 0 atom stereocenters. The van der Waals surface area contributed by atoms with E-state index in [1.807, 2.05) is 0 Å². The van der Waals surface area contributed by atoms with E-state index < -0.39 is 17.5 Å². The lowest BCUT2D eigenvalue weighted by molar-refractivity contribution is -0.166. The zero-order chi connectivity index (χ0) is 10.9. The van der Waals surface area contributed by atoms with E-state index in [2.05, 4.69) is 4.98 Å². The Labute approximate surface area is 79.4 Å². The Morgan fingerprint density at radius 2 is 2.07 bits per heavy atom. The molecule has 0 saturated carbocycles. The SMILES string of the molecule is Cc1cc(C(F)(F)C(=O)O)cnc1C. The van der Waals surface area contributed by atoms with E-state index in [0.29, 0.717) is 11.3 Å². The van der Waals surface area contributed by atoms with Crippen LogP contribution in [0.3, 0.4) is 0 Å². The minimum atomic E-state index is -3.87. The molecule has 0 saturated heterocycles. The number of alkyl halides is 2. The van der Waals surface area contributed by atoms with Crippen molar-refractivity contribution in [3.63, 3.8) is 0 Å². The number of aliphatic carboxylic acids is 1. The summed E-state index contributed by atoms with van der Waals surface area (Å²) >= 11 is 0. The third kappa shape index (κ3) is 1.71. The molecule has 0 aromatic carbocycles. The lowest BCUT2D eigenvalue weighted by Gasteiger charge is -2.11. The van der Waals surface area contributed by atoms with Crippen LogP contribution in [0.2, 0.25) is 0 Å². The van der Waals surface area contributed by atoms with Crippen LogP contribution in [-0.4, -0.2) is 16.1 Å². The predicted octanol–water partition coefficient (Wildman–Crippen LogP) is 1.87. The summed E-state index contributed by atoms with van der Waals surface area (Å²) in [6, 6.07) is 1.14. The summed E-state index contributed by atoms with van der Waals surface area (Å²) in [4.78, 5) is 13.9. The molecule has 0 bridgehead atoms. The summed E-state index contributed by atoms with van der Waals surface area (Å²) in [6.45, 7) is 3.27. The van der Waals surface area contributed by atoms with Crippen molar-refractivity contribution in [1.29, 1.82) is 0 Å². The number of halogens is 2. The van der Waals surface area contributed by atoms with Gasteiger partial charge in [-0.15, -0.1) is 0 Å². The van der Waals surface area contributed by atoms with E-state index in [-0.39, 0.29) is 0 Å². The standard InChI is InChI=1S/C9H9F2NO2/c1-5-3-7(4-12-6(5)2)9(10,11)8(13)14/h3-4H,1-2H3,(H,13,14). The zero-order valence-electron chi connectivity index (χ0n) is 7.71. The second-order valence-corrected chi connectivity index (χ2v) is 3.01. The minimum absolute atomic E-state index is 0.545. The van der Waals surface area contributed by atoms with Gasteiger partial charge in [0.05, 0.1) is 5.56 Å². The molecule has 0 aliphatic rings. The molecule has 0 aliphatic carbocycles. The Kier molecular flexibility index (Phi) is 2.51. The van der Waals surface area contributed by atoms with Crippen molar-refractivity contribution in [2.45, 2.75) is 19.8 Å². The summed E-state index contributed by atoms with van der Waals surface area (Å²) in [6.07, 6.45) is 0.885. The van der Waals surface area contributed by atoms with Crippen molar-refractivity contribution >= 4 is 5.97 Å². The molecule has 0 fully saturated rings. The molecule has 0 spiro atoms. The number of nitrogens with zero attached hydrogens (tertiary/aromatic N) is 1. The Morgan fingerprint density at radius 3 is 2.50 bits per heavy atom. The largest absolute Gasteiger partial charge is 0.477 e. The summed E-state index contributed by atoms with van der Waals surface area (Å²) in [5, 5.41) is 8.28. The van der Waals surface area contributed by atoms with Crippen LogP contribution in [-0.2, 0) is 10.7 Å². The first-order valence-electron chi connectivity index (χ1n) is 3.90. The van der Waals surface area contributed by atoms with Crippen molar-refractivity contribution in [3.8, 4) is 0 Å². The fourth-order valence-corrected chi connectivity index (χ4v) is 0.938. The van der Waals surface area contributed by atoms with Gasteiger partial charge in [0, 0.05) is 11.9 Å². The lowest BCUT2D eigenvalue weighted by Crippen LogP contribution is -2.25. The molecule has 1 rings (SSSR count). The van der Waals surface area contributed by atoms with E-state index in [1.54, 1.807) is 13.8 Å². The highest BCUT2D eigenvalue weighted by Crippen LogP contribution is 2.28. The molecular weight excluding hydrogens is 192 g/mol. The van der Waals surface area contributed by atoms with Gasteiger partial charge < -0.3 is 5.11 Å². The second-order valence-electron chi connectivity index (χ2n) is 3.01. The first-order chi connectivity index (χ1) is 6.35. The molecule has 76 valence electrons. The number of pyridine rings is 1. The van der Waals surface area contributed by atoms with E-state index >= 15 is 0 Å². The van der Waals surface area contributed by atoms with Crippen LogP contribution in [0, 0.1) is 13.8 Å². The van der Waals surface area contributed by atoms with Gasteiger partial charge >= 0.3 is 11.9 Å². The number of hydrogen-bond acceptors (Lipinski definition) is 2. The Balaban J connectivity index is 3.21. The maximum atomic E-state index is 13.0.